The van der Waals surface area contributed by atoms with Crippen molar-refractivity contribution in [1.82, 2.24) is 15.2 Å². The Bertz CT molecular complexity index is 990. The molecule has 0 radical (unpaired) electrons. The van der Waals surface area contributed by atoms with Crippen LogP contribution in [-0.4, -0.2) is 54.5 Å². The number of urea groups is 1. The van der Waals surface area contributed by atoms with Gasteiger partial charge in [0.15, 0.2) is 0 Å². The van der Waals surface area contributed by atoms with Gasteiger partial charge in [-0.2, -0.15) is 0 Å². The van der Waals surface area contributed by atoms with Crippen molar-refractivity contribution >= 4 is 57.3 Å². The van der Waals surface area contributed by atoms with Crippen molar-refractivity contribution in [2.45, 2.75) is 6.42 Å². The van der Waals surface area contributed by atoms with Crippen molar-refractivity contribution in [3.63, 3.8) is 0 Å². The second-order valence-electron chi connectivity index (χ2n) is 6.92. The molecule has 0 atom stereocenters. The lowest BCUT2D eigenvalue weighted by atomic mass is 10.1. The third-order valence-corrected chi connectivity index (χ3v) is 6.22. The summed E-state index contributed by atoms with van der Waals surface area (Å²) in [5.41, 5.74) is 3.77. The number of alkyl halides is 1. The average molecular weight is 469 g/mol. The quantitative estimate of drug-likeness (QED) is 0.424. The fraction of sp³-hybridized carbons (Fsp3) is 0.333. The molecule has 9 heteroatoms. The molecule has 160 valence electrons. The molecule has 0 bridgehead atoms. The van der Waals surface area contributed by atoms with Crippen LogP contribution in [0.4, 0.5) is 14.9 Å². The molecule has 1 fully saturated rings. The number of halogens is 3. The molecule has 3 aromatic rings. The summed E-state index contributed by atoms with van der Waals surface area (Å²) < 4.78 is 14.4. The van der Waals surface area contributed by atoms with Gasteiger partial charge in [-0.05, 0) is 48.2 Å². The number of rotatable bonds is 5. The predicted octanol–water partition coefficient (Wildman–Crippen LogP) is 4.98. The van der Waals surface area contributed by atoms with Gasteiger partial charge in [-0.3, -0.25) is 0 Å². The molecule has 0 aliphatic carbocycles. The minimum Gasteiger partial charge on any atom is -0.367 e. The molecule has 1 aliphatic rings. The van der Waals surface area contributed by atoms with E-state index in [1.165, 1.54) is 12.1 Å². The number of anilines is 1. The number of nitrogens with one attached hydrogen (secondary N) is 1. The fourth-order valence-electron chi connectivity index (χ4n) is 3.47. The Morgan fingerprint density at radius 3 is 2.60 bits per heavy atom. The molecule has 0 spiro atoms. The number of aromatic nitrogens is 1. The maximum absolute atomic E-state index is 13.3. The number of piperazine rings is 1. The van der Waals surface area contributed by atoms with E-state index in [0.29, 0.717) is 25.5 Å². The van der Waals surface area contributed by atoms with Gasteiger partial charge in [0.25, 0.3) is 0 Å². The van der Waals surface area contributed by atoms with Gasteiger partial charge >= 0.3 is 6.03 Å². The smallest absolute Gasteiger partial charge is 0.317 e. The first-order valence-electron chi connectivity index (χ1n) is 9.63. The standard InChI is InChI=1S/C21H22ClFN4OS.ClH/c22-7-1-8-24-21(28)27-11-9-26(10-12-27)19-14-18(15-2-4-16(23)5-3-15)25-17-6-13-29-20(17)19;/h2-6,13-14H,1,7-12H2,(H,24,28);1H. The van der Waals surface area contributed by atoms with Gasteiger partial charge in [-0.25, -0.2) is 14.2 Å². The first kappa shape index (κ1) is 22.6. The van der Waals surface area contributed by atoms with Crippen LogP contribution in [0.15, 0.2) is 41.8 Å². The first-order chi connectivity index (χ1) is 14.2. The minimum atomic E-state index is -0.258. The number of carbonyl (C=O) groups is 1. The van der Waals surface area contributed by atoms with Crippen molar-refractivity contribution < 1.29 is 9.18 Å². The molecule has 3 heterocycles. The van der Waals surface area contributed by atoms with Crippen molar-refractivity contribution in [3.05, 3.63) is 47.6 Å². The van der Waals surface area contributed by atoms with E-state index < -0.39 is 0 Å². The van der Waals surface area contributed by atoms with E-state index in [1.54, 1.807) is 23.5 Å². The Hall–Kier alpha value is -2.09. The lowest BCUT2D eigenvalue weighted by Crippen LogP contribution is -2.52. The summed E-state index contributed by atoms with van der Waals surface area (Å²) in [5, 5.41) is 4.95. The zero-order valence-electron chi connectivity index (χ0n) is 16.3. The van der Waals surface area contributed by atoms with Crippen LogP contribution in [0.5, 0.6) is 0 Å². The second-order valence-corrected chi connectivity index (χ2v) is 8.21. The number of amides is 2. The van der Waals surface area contributed by atoms with Crippen LogP contribution in [0, 0.1) is 5.82 Å². The average Bonchev–Trinajstić information content (AvgIpc) is 3.22. The number of hydrogen-bond donors (Lipinski definition) is 1. The van der Waals surface area contributed by atoms with E-state index in [-0.39, 0.29) is 24.3 Å². The lowest BCUT2D eigenvalue weighted by molar-refractivity contribution is 0.194. The molecule has 0 saturated carbocycles. The van der Waals surface area contributed by atoms with Crippen LogP contribution in [0.25, 0.3) is 21.5 Å². The van der Waals surface area contributed by atoms with Crippen LogP contribution in [0.2, 0.25) is 0 Å². The molecule has 2 aromatic heterocycles. The Morgan fingerprint density at radius 2 is 1.90 bits per heavy atom. The summed E-state index contributed by atoms with van der Waals surface area (Å²) in [7, 11) is 0. The third-order valence-electron chi connectivity index (χ3n) is 5.03. The molecule has 0 unspecified atom stereocenters. The normalized spacial score (nSPS) is 13.9. The number of carbonyl (C=O) groups excluding carboxylic acids is 1. The summed E-state index contributed by atoms with van der Waals surface area (Å²) in [5.74, 6) is 0.287. The summed E-state index contributed by atoms with van der Waals surface area (Å²) in [6.07, 6.45) is 0.771. The van der Waals surface area contributed by atoms with E-state index in [1.807, 2.05) is 16.3 Å². The van der Waals surface area contributed by atoms with E-state index in [4.69, 9.17) is 16.6 Å². The Labute approximate surface area is 190 Å². The second kappa shape index (κ2) is 10.3. The summed E-state index contributed by atoms with van der Waals surface area (Å²) >= 11 is 7.33. The summed E-state index contributed by atoms with van der Waals surface area (Å²) in [6, 6.07) is 10.5. The van der Waals surface area contributed by atoms with E-state index >= 15 is 0 Å². The van der Waals surface area contributed by atoms with E-state index in [0.717, 1.165) is 46.7 Å². The highest BCUT2D eigenvalue weighted by atomic mass is 35.5. The number of fused-ring (bicyclic) bond motifs is 1. The van der Waals surface area contributed by atoms with Crippen LogP contribution < -0.4 is 10.2 Å². The number of nitrogens with zero attached hydrogens (tertiary/aromatic N) is 3. The van der Waals surface area contributed by atoms with Crippen LogP contribution in [0.1, 0.15) is 6.42 Å². The summed E-state index contributed by atoms with van der Waals surface area (Å²) in [6.45, 7) is 3.43. The molecular formula is C21H23Cl2FN4OS. The third kappa shape index (κ3) is 4.96. The predicted molar refractivity (Wildman–Crippen MR) is 125 cm³/mol. The van der Waals surface area contributed by atoms with Gasteiger partial charge in [-0.15, -0.1) is 35.3 Å². The zero-order chi connectivity index (χ0) is 20.2. The van der Waals surface area contributed by atoms with Crippen LogP contribution in [0.3, 0.4) is 0 Å². The summed E-state index contributed by atoms with van der Waals surface area (Å²) in [4.78, 5) is 21.2. The Kier molecular flexibility index (Phi) is 7.75. The maximum Gasteiger partial charge on any atom is 0.317 e. The molecule has 30 heavy (non-hydrogen) atoms. The highest BCUT2D eigenvalue weighted by Gasteiger charge is 2.23. The maximum atomic E-state index is 13.3. The SMILES string of the molecule is Cl.O=C(NCCCCl)N1CCN(c2cc(-c3ccc(F)cc3)nc3ccsc23)CC1. The molecule has 1 aliphatic heterocycles. The van der Waals surface area contributed by atoms with Gasteiger partial charge in [-0.1, -0.05) is 0 Å². The number of thiophene rings is 1. The molecule has 1 saturated heterocycles. The van der Waals surface area contributed by atoms with Gasteiger partial charge in [0.2, 0.25) is 0 Å². The molecule has 2 amide bonds. The Balaban J connectivity index is 0.00000256. The zero-order valence-corrected chi connectivity index (χ0v) is 18.7. The molecule has 1 aromatic carbocycles. The van der Waals surface area contributed by atoms with E-state index in [9.17, 15) is 9.18 Å². The van der Waals surface area contributed by atoms with Gasteiger partial charge in [0.05, 0.1) is 21.6 Å². The molecular weight excluding hydrogens is 446 g/mol. The van der Waals surface area contributed by atoms with Crippen LogP contribution >= 0.6 is 35.3 Å². The topological polar surface area (TPSA) is 48.5 Å². The monoisotopic (exact) mass is 468 g/mol. The molecule has 5 nitrogen and oxygen atoms in total. The van der Waals surface area contributed by atoms with E-state index in [2.05, 4.69) is 16.3 Å². The largest absolute Gasteiger partial charge is 0.367 e. The van der Waals surface area contributed by atoms with Gasteiger partial charge in [0.1, 0.15) is 5.82 Å². The molecule has 1 N–H and O–H groups in total. The van der Waals surface area contributed by atoms with Crippen LogP contribution in [-0.2, 0) is 0 Å². The molecule has 4 rings (SSSR count). The number of pyridine rings is 1. The first-order valence-corrected chi connectivity index (χ1v) is 11.0. The Morgan fingerprint density at radius 1 is 1.17 bits per heavy atom. The fourth-order valence-corrected chi connectivity index (χ4v) is 4.48. The van der Waals surface area contributed by atoms with Crippen molar-refractivity contribution in [2.75, 3.05) is 43.5 Å². The number of benzene rings is 1. The number of hydrogen-bond acceptors (Lipinski definition) is 4. The highest BCUT2D eigenvalue weighted by Crippen LogP contribution is 2.34. The van der Waals surface area contributed by atoms with Crippen molar-refractivity contribution in [1.29, 1.82) is 0 Å². The lowest BCUT2D eigenvalue weighted by Gasteiger charge is -2.36. The van der Waals surface area contributed by atoms with Gasteiger partial charge < -0.3 is 15.1 Å². The van der Waals surface area contributed by atoms with Gasteiger partial charge in [0, 0.05) is 44.2 Å². The highest BCUT2D eigenvalue weighted by molar-refractivity contribution is 7.17. The van der Waals surface area contributed by atoms with Crippen molar-refractivity contribution in [3.8, 4) is 11.3 Å². The minimum absolute atomic E-state index is 0. The van der Waals surface area contributed by atoms with Crippen molar-refractivity contribution in [2.24, 2.45) is 0 Å².